The molecular formula is C27H28FN9. The Balaban J connectivity index is 1.16. The number of aromatic nitrogens is 7. The average Bonchev–Trinajstić information content (AvgIpc) is 3.57. The van der Waals surface area contributed by atoms with E-state index in [0.717, 1.165) is 72.1 Å². The van der Waals surface area contributed by atoms with Crippen molar-refractivity contribution in [3.63, 3.8) is 0 Å². The molecule has 0 aliphatic carbocycles. The maximum atomic E-state index is 13.4. The number of halogens is 1. The van der Waals surface area contributed by atoms with Crippen molar-refractivity contribution in [2.75, 3.05) is 36.0 Å². The highest BCUT2D eigenvalue weighted by Gasteiger charge is 2.23. The highest BCUT2D eigenvalue weighted by Crippen LogP contribution is 2.29. The van der Waals surface area contributed by atoms with Gasteiger partial charge in [-0.2, -0.15) is 10.2 Å². The SMILES string of the molecule is CC[C@@H](c1ccc(F)cc1)c1cnc(N2CCN(c3ncnn4cc(-c5cnn(C)c5)cc34)CC2)nc1. The van der Waals surface area contributed by atoms with E-state index in [2.05, 4.69) is 47.9 Å². The minimum absolute atomic E-state index is 0.144. The fourth-order valence-corrected chi connectivity index (χ4v) is 5.04. The van der Waals surface area contributed by atoms with Gasteiger partial charge < -0.3 is 9.80 Å². The van der Waals surface area contributed by atoms with E-state index in [1.54, 1.807) is 11.0 Å². The lowest BCUT2D eigenvalue weighted by Crippen LogP contribution is -2.47. The van der Waals surface area contributed by atoms with Gasteiger partial charge in [-0.15, -0.1) is 0 Å². The minimum atomic E-state index is -0.224. The molecule has 1 aliphatic rings. The Morgan fingerprint density at radius 1 is 0.838 bits per heavy atom. The summed E-state index contributed by atoms with van der Waals surface area (Å²) < 4.78 is 17.0. The second-order valence-electron chi connectivity index (χ2n) is 9.35. The van der Waals surface area contributed by atoms with Crippen LogP contribution in [-0.2, 0) is 7.05 Å². The molecule has 0 unspecified atom stereocenters. The monoisotopic (exact) mass is 497 g/mol. The Bertz CT molecular complexity index is 1500. The standard InChI is InChI=1S/C27H28FN9/c1-3-24(19-4-6-23(28)7-5-19)21-13-29-27(30-14-21)36-10-8-35(9-11-36)26-25-12-20(17-37(25)33-18-31-26)22-15-32-34(2)16-22/h4-7,12-18,24H,3,8-11H2,1-2H3/t24-/m0/s1. The molecule has 5 heterocycles. The summed E-state index contributed by atoms with van der Waals surface area (Å²) in [5.41, 5.74) is 5.20. The van der Waals surface area contributed by atoms with Gasteiger partial charge in [0.05, 0.1) is 6.20 Å². The van der Waals surface area contributed by atoms with Crippen molar-refractivity contribution in [1.82, 2.24) is 34.3 Å². The van der Waals surface area contributed by atoms with Gasteiger partial charge in [0.25, 0.3) is 0 Å². The maximum absolute atomic E-state index is 13.4. The van der Waals surface area contributed by atoms with Crippen LogP contribution in [0.15, 0.2) is 67.6 Å². The fourth-order valence-electron chi connectivity index (χ4n) is 5.04. The van der Waals surface area contributed by atoms with E-state index < -0.39 is 0 Å². The molecule has 5 aromatic rings. The molecule has 188 valence electrons. The first-order valence-corrected chi connectivity index (χ1v) is 12.5. The largest absolute Gasteiger partial charge is 0.351 e. The van der Waals surface area contributed by atoms with E-state index in [4.69, 9.17) is 0 Å². The third-order valence-corrected chi connectivity index (χ3v) is 7.03. The van der Waals surface area contributed by atoms with Crippen molar-refractivity contribution in [2.24, 2.45) is 7.05 Å². The van der Waals surface area contributed by atoms with Gasteiger partial charge in [0.1, 0.15) is 17.7 Å². The molecule has 37 heavy (non-hydrogen) atoms. The van der Waals surface area contributed by atoms with Crippen LogP contribution < -0.4 is 9.80 Å². The number of benzene rings is 1. The van der Waals surface area contributed by atoms with E-state index >= 15 is 0 Å². The lowest BCUT2D eigenvalue weighted by molar-refractivity contribution is 0.625. The zero-order chi connectivity index (χ0) is 25.4. The van der Waals surface area contributed by atoms with Crippen LogP contribution in [-0.4, -0.2) is 60.5 Å². The molecular weight excluding hydrogens is 469 g/mol. The van der Waals surface area contributed by atoms with Crippen LogP contribution in [0.2, 0.25) is 0 Å². The van der Waals surface area contributed by atoms with Crippen LogP contribution in [0.5, 0.6) is 0 Å². The maximum Gasteiger partial charge on any atom is 0.225 e. The molecule has 1 atom stereocenters. The Labute approximate surface area is 214 Å². The van der Waals surface area contributed by atoms with Crippen molar-refractivity contribution in [2.45, 2.75) is 19.3 Å². The summed E-state index contributed by atoms with van der Waals surface area (Å²) in [5.74, 6) is 1.57. The van der Waals surface area contributed by atoms with Gasteiger partial charge >= 0.3 is 0 Å². The number of anilines is 2. The lowest BCUT2D eigenvalue weighted by atomic mass is 9.91. The van der Waals surface area contributed by atoms with Crippen molar-refractivity contribution >= 4 is 17.3 Å². The average molecular weight is 498 g/mol. The number of aryl methyl sites for hydroxylation is 1. The van der Waals surface area contributed by atoms with Crippen molar-refractivity contribution in [1.29, 1.82) is 0 Å². The summed E-state index contributed by atoms with van der Waals surface area (Å²) in [6, 6.07) is 8.81. The van der Waals surface area contributed by atoms with E-state index in [9.17, 15) is 4.39 Å². The summed E-state index contributed by atoms with van der Waals surface area (Å²) in [7, 11) is 1.91. The molecule has 1 fully saturated rings. The summed E-state index contributed by atoms with van der Waals surface area (Å²) in [5, 5.41) is 8.69. The topological polar surface area (TPSA) is 80.3 Å². The van der Waals surface area contributed by atoms with E-state index in [1.165, 1.54) is 12.1 Å². The number of hydrogen-bond acceptors (Lipinski definition) is 7. The predicted octanol–water partition coefficient (Wildman–Crippen LogP) is 3.93. The second-order valence-corrected chi connectivity index (χ2v) is 9.35. The molecule has 0 spiro atoms. The molecule has 0 amide bonds. The van der Waals surface area contributed by atoms with Crippen LogP contribution >= 0.6 is 0 Å². The quantitative estimate of drug-likeness (QED) is 0.352. The van der Waals surface area contributed by atoms with Gasteiger partial charge in [-0.25, -0.2) is 23.9 Å². The summed E-state index contributed by atoms with van der Waals surface area (Å²) >= 11 is 0. The molecule has 1 saturated heterocycles. The van der Waals surface area contributed by atoms with Crippen molar-refractivity contribution < 1.29 is 4.39 Å². The van der Waals surface area contributed by atoms with E-state index in [1.807, 2.05) is 54.7 Å². The first-order chi connectivity index (χ1) is 18.1. The first-order valence-electron chi connectivity index (χ1n) is 12.5. The van der Waals surface area contributed by atoms with Gasteiger partial charge in [-0.05, 0) is 35.7 Å². The minimum Gasteiger partial charge on any atom is -0.351 e. The molecule has 0 radical (unpaired) electrons. The molecule has 10 heteroatoms. The van der Waals surface area contributed by atoms with E-state index in [0.29, 0.717) is 0 Å². The van der Waals surface area contributed by atoms with Gasteiger partial charge in [0.2, 0.25) is 5.95 Å². The number of piperazine rings is 1. The third kappa shape index (κ3) is 4.50. The highest BCUT2D eigenvalue weighted by molar-refractivity contribution is 5.77. The number of nitrogens with zero attached hydrogens (tertiary/aromatic N) is 9. The van der Waals surface area contributed by atoms with Crippen molar-refractivity contribution in [3.8, 4) is 11.1 Å². The van der Waals surface area contributed by atoms with Crippen LogP contribution in [0.3, 0.4) is 0 Å². The molecule has 9 nitrogen and oxygen atoms in total. The Morgan fingerprint density at radius 3 is 2.24 bits per heavy atom. The lowest BCUT2D eigenvalue weighted by Gasteiger charge is -2.35. The van der Waals surface area contributed by atoms with E-state index in [-0.39, 0.29) is 11.7 Å². The molecule has 6 rings (SSSR count). The number of fused-ring (bicyclic) bond motifs is 1. The Kier molecular flexibility index (Phi) is 5.99. The van der Waals surface area contributed by atoms with Gasteiger partial charge in [0.15, 0.2) is 5.82 Å². The second kappa shape index (κ2) is 9.61. The molecule has 0 N–H and O–H groups in total. The summed E-state index contributed by atoms with van der Waals surface area (Å²) in [4.78, 5) is 18.5. The molecule has 4 aromatic heterocycles. The van der Waals surface area contributed by atoms with Crippen LogP contribution in [0, 0.1) is 5.82 Å². The smallest absolute Gasteiger partial charge is 0.225 e. The fraction of sp³-hybridized carbons (Fsp3) is 0.296. The molecule has 1 aliphatic heterocycles. The summed E-state index contributed by atoms with van der Waals surface area (Å²) in [6.07, 6.45) is 12.2. The predicted molar refractivity (Wildman–Crippen MR) is 140 cm³/mol. The zero-order valence-corrected chi connectivity index (χ0v) is 20.9. The third-order valence-electron chi connectivity index (χ3n) is 7.03. The summed E-state index contributed by atoms with van der Waals surface area (Å²) in [6.45, 7) is 5.31. The first kappa shape index (κ1) is 23.1. The molecule has 1 aromatic carbocycles. The Hall–Kier alpha value is -4.34. The number of rotatable bonds is 6. The normalized spacial score (nSPS) is 14.9. The van der Waals surface area contributed by atoms with Crippen LogP contribution in [0.25, 0.3) is 16.6 Å². The number of hydrogen-bond donors (Lipinski definition) is 0. The highest BCUT2D eigenvalue weighted by atomic mass is 19.1. The van der Waals surface area contributed by atoms with Gasteiger partial charge in [-0.1, -0.05) is 19.1 Å². The van der Waals surface area contributed by atoms with Crippen molar-refractivity contribution in [3.05, 3.63) is 84.6 Å². The molecule has 0 saturated carbocycles. The van der Waals surface area contributed by atoms with Gasteiger partial charge in [0, 0.05) is 75.1 Å². The van der Waals surface area contributed by atoms with Crippen LogP contribution in [0.4, 0.5) is 16.2 Å². The zero-order valence-electron chi connectivity index (χ0n) is 20.9. The van der Waals surface area contributed by atoms with Crippen LogP contribution in [0.1, 0.15) is 30.4 Å². The van der Waals surface area contributed by atoms with Gasteiger partial charge in [-0.3, -0.25) is 4.68 Å². The Morgan fingerprint density at radius 2 is 1.57 bits per heavy atom. The molecule has 0 bridgehead atoms.